The van der Waals surface area contributed by atoms with Crippen molar-refractivity contribution < 1.29 is 22.8 Å². The normalized spacial score (nSPS) is 15.6. The average molecular weight is 572 g/mol. The molecule has 2 amide bonds. The van der Waals surface area contributed by atoms with Crippen molar-refractivity contribution in [1.29, 1.82) is 0 Å². The number of hydrazine groups is 2. The van der Waals surface area contributed by atoms with Crippen LogP contribution in [0.15, 0.2) is 48.8 Å². The van der Waals surface area contributed by atoms with Crippen molar-refractivity contribution >= 4 is 45.4 Å². The highest BCUT2D eigenvalue weighted by Gasteiger charge is 2.32. The number of likely N-dealkylation sites (tertiary alicyclic amines) is 1. The molecule has 2 aliphatic rings. The number of nitrogens with one attached hydrogen (secondary N) is 4. The van der Waals surface area contributed by atoms with E-state index in [2.05, 4.69) is 31.5 Å². The van der Waals surface area contributed by atoms with Gasteiger partial charge in [-0.2, -0.15) is 13.2 Å². The van der Waals surface area contributed by atoms with E-state index in [1.807, 2.05) is 13.0 Å². The van der Waals surface area contributed by atoms with Crippen LogP contribution in [-0.2, 0) is 17.5 Å². The lowest BCUT2D eigenvalue weighted by Crippen LogP contribution is -2.36. The molecule has 5 rings (SSSR count). The maximum Gasteiger partial charge on any atom is 0.416 e. The van der Waals surface area contributed by atoms with Gasteiger partial charge in [0.1, 0.15) is 0 Å². The summed E-state index contributed by atoms with van der Waals surface area (Å²) >= 11 is 1.30. The quantitative estimate of drug-likeness (QED) is 0.313. The molecule has 40 heavy (non-hydrogen) atoms. The summed E-state index contributed by atoms with van der Waals surface area (Å²) in [5.74, 6) is -0.834. The zero-order valence-corrected chi connectivity index (χ0v) is 22.7. The fourth-order valence-corrected chi connectivity index (χ4v) is 5.43. The standard InChI is InChI=1S/C27H28F3N7O2S/c1-16-5-6-21(12-23(16)37-15-22(34-35-37)24-13-31-26(40-24)32-17(2)38)33-25(39)19-9-18(14-36-7-3-4-8-36)10-20(11-19)27(28,29)30/h5-6,9-13,15,34-35H,3-4,7-8,14H2,1-2H3,(H,33,39)(H,31,32,38). The number of aryl methyl sites for hydroxylation is 1. The Balaban J connectivity index is 1.35. The molecule has 0 atom stereocenters. The second kappa shape index (κ2) is 11.3. The number of carbonyl (C=O) groups excluding carboxylic acids is 2. The van der Waals surface area contributed by atoms with E-state index in [0.29, 0.717) is 28.6 Å². The van der Waals surface area contributed by atoms with Gasteiger partial charge in [-0.1, -0.05) is 17.4 Å². The van der Waals surface area contributed by atoms with Gasteiger partial charge in [-0.05, 0) is 74.3 Å². The Kier molecular flexibility index (Phi) is 7.79. The van der Waals surface area contributed by atoms with Crippen LogP contribution in [0.25, 0.3) is 5.70 Å². The van der Waals surface area contributed by atoms with Gasteiger partial charge in [-0.3, -0.25) is 19.5 Å². The minimum atomic E-state index is -4.56. The summed E-state index contributed by atoms with van der Waals surface area (Å²) in [5, 5.41) is 7.59. The minimum absolute atomic E-state index is 0.0468. The van der Waals surface area contributed by atoms with E-state index in [1.54, 1.807) is 29.5 Å². The molecule has 0 aliphatic carbocycles. The number of carbonyl (C=O) groups is 2. The first kappa shape index (κ1) is 27.6. The number of aromatic nitrogens is 1. The number of benzene rings is 2. The fraction of sp³-hybridized carbons (Fsp3) is 0.296. The summed E-state index contributed by atoms with van der Waals surface area (Å²) < 4.78 is 40.9. The number of rotatable bonds is 7. The Hall–Kier alpha value is -3.94. The summed E-state index contributed by atoms with van der Waals surface area (Å²) in [5.41, 5.74) is 8.41. The number of hydrogen-bond acceptors (Lipinski definition) is 8. The molecule has 0 spiro atoms. The Morgan fingerprint density at radius 2 is 1.88 bits per heavy atom. The van der Waals surface area contributed by atoms with Gasteiger partial charge in [-0.25, -0.2) is 4.98 Å². The van der Waals surface area contributed by atoms with Gasteiger partial charge in [0.25, 0.3) is 5.91 Å². The molecule has 1 aromatic heterocycles. The highest BCUT2D eigenvalue weighted by molar-refractivity contribution is 7.16. The van der Waals surface area contributed by atoms with E-state index in [4.69, 9.17) is 0 Å². The number of alkyl halides is 3. The van der Waals surface area contributed by atoms with Crippen molar-refractivity contribution in [2.45, 2.75) is 39.4 Å². The van der Waals surface area contributed by atoms with Gasteiger partial charge in [0.15, 0.2) is 5.13 Å². The molecule has 3 heterocycles. The lowest BCUT2D eigenvalue weighted by Gasteiger charge is -2.19. The molecule has 13 heteroatoms. The smallest absolute Gasteiger partial charge is 0.322 e. The summed E-state index contributed by atoms with van der Waals surface area (Å²) in [6.07, 6.45) is 0.907. The molecular formula is C27H28F3N7O2S. The van der Waals surface area contributed by atoms with Crippen LogP contribution in [0.3, 0.4) is 0 Å². The molecule has 210 valence electrons. The number of halogens is 3. The van der Waals surface area contributed by atoms with Crippen molar-refractivity contribution in [3.63, 3.8) is 0 Å². The highest BCUT2D eigenvalue weighted by Crippen LogP contribution is 2.33. The summed E-state index contributed by atoms with van der Waals surface area (Å²) in [6.45, 7) is 5.34. The molecule has 0 unspecified atom stereocenters. The molecular weight excluding hydrogens is 543 g/mol. The molecule has 9 nitrogen and oxygen atoms in total. The minimum Gasteiger partial charge on any atom is -0.322 e. The second-order valence-electron chi connectivity index (χ2n) is 9.72. The van der Waals surface area contributed by atoms with Gasteiger partial charge in [0, 0.05) is 37.1 Å². The first-order valence-electron chi connectivity index (χ1n) is 12.7. The topological polar surface area (TPSA) is 102 Å². The van der Waals surface area contributed by atoms with Crippen LogP contribution < -0.4 is 26.6 Å². The van der Waals surface area contributed by atoms with Crippen LogP contribution in [-0.4, -0.2) is 34.8 Å². The molecule has 4 N–H and O–H groups in total. The molecule has 3 aromatic rings. The number of hydrogen-bond donors (Lipinski definition) is 4. The lowest BCUT2D eigenvalue weighted by atomic mass is 10.0. The van der Waals surface area contributed by atoms with Crippen molar-refractivity contribution in [2.75, 3.05) is 28.7 Å². The van der Waals surface area contributed by atoms with Crippen molar-refractivity contribution in [1.82, 2.24) is 20.8 Å². The average Bonchev–Trinajstić information content (AvgIpc) is 3.66. The van der Waals surface area contributed by atoms with E-state index in [0.717, 1.165) is 54.2 Å². The molecule has 0 bridgehead atoms. The van der Waals surface area contributed by atoms with Crippen LogP contribution in [0.5, 0.6) is 0 Å². The molecule has 1 fully saturated rings. The maximum atomic E-state index is 13.6. The molecule has 1 saturated heterocycles. The monoisotopic (exact) mass is 571 g/mol. The van der Waals surface area contributed by atoms with E-state index >= 15 is 0 Å². The van der Waals surface area contributed by atoms with E-state index in [-0.39, 0.29) is 11.5 Å². The molecule has 2 aliphatic heterocycles. The summed E-state index contributed by atoms with van der Waals surface area (Å²) in [6, 6.07) is 8.79. The van der Waals surface area contributed by atoms with Gasteiger partial charge in [0.05, 0.1) is 21.8 Å². The fourth-order valence-electron chi connectivity index (χ4n) is 4.60. The van der Waals surface area contributed by atoms with Crippen LogP contribution in [0.4, 0.5) is 29.7 Å². The zero-order valence-electron chi connectivity index (χ0n) is 21.9. The maximum absolute atomic E-state index is 13.6. The van der Waals surface area contributed by atoms with Crippen LogP contribution in [0.1, 0.15) is 51.7 Å². The van der Waals surface area contributed by atoms with Crippen LogP contribution >= 0.6 is 11.3 Å². The third kappa shape index (κ3) is 6.43. The SMILES string of the molecule is CC(=O)Nc1ncc(C2=CN(c3cc(NC(=O)c4cc(CN5CCCC5)cc(C(F)(F)F)c4)ccc3C)NN2)s1. The van der Waals surface area contributed by atoms with E-state index in [1.165, 1.54) is 24.3 Å². The van der Waals surface area contributed by atoms with Gasteiger partial charge >= 0.3 is 6.18 Å². The summed E-state index contributed by atoms with van der Waals surface area (Å²) in [7, 11) is 0. The largest absolute Gasteiger partial charge is 0.416 e. The van der Waals surface area contributed by atoms with Crippen molar-refractivity contribution in [3.8, 4) is 0 Å². The second-order valence-corrected chi connectivity index (χ2v) is 10.7. The van der Waals surface area contributed by atoms with E-state index in [9.17, 15) is 22.8 Å². The number of anilines is 3. The molecule has 0 saturated carbocycles. The Morgan fingerprint density at radius 1 is 1.10 bits per heavy atom. The zero-order chi connectivity index (χ0) is 28.4. The number of thiazole rings is 1. The van der Waals surface area contributed by atoms with Gasteiger partial charge in [0.2, 0.25) is 5.91 Å². The van der Waals surface area contributed by atoms with Crippen molar-refractivity contribution in [3.05, 3.63) is 75.9 Å². The Bertz CT molecular complexity index is 1460. The van der Waals surface area contributed by atoms with Crippen molar-refractivity contribution in [2.24, 2.45) is 0 Å². The lowest BCUT2D eigenvalue weighted by molar-refractivity contribution is -0.137. The predicted octanol–water partition coefficient (Wildman–Crippen LogP) is 5.10. The molecule has 2 aromatic carbocycles. The van der Waals surface area contributed by atoms with Gasteiger partial charge in [-0.15, -0.1) is 5.53 Å². The Morgan fingerprint density at radius 3 is 2.60 bits per heavy atom. The summed E-state index contributed by atoms with van der Waals surface area (Å²) in [4.78, 5) is 31.5. The number of amides is 2. The van der Waals surface area contributed by atoms with Gasteiger partial charge < -0.3 is 16.1 Å². The van der Waals surface area contributed by atoms with E-state index < -0.39 is 17.6 Å². The van der Waals surface area contributed by atoms with Crippen LogP contribution in [0.2, 0.25) is 0 Å². The highest BCUT2D eigenvalue weighted by atomic mass is 32.1. The third-order valence-electron chi connectivity index (χ3n) is 6.54. The van der Waals surface area contributed by atoms with Crippen LogP contribution in [0, 0.1) is 6.92 Å². The predicted molar refractivity (Wildman–Crippen MR) is 148 cm³/mol. The first-order valence-corrected chi connectivity index (χ1v) is 13.5. The Labute approximate surface area is 233 Å². The molecule has 0 radical (unpaired) electrons. The third-order valence-corrected chi connectivity index (χ3v) is 7.48. The number of nitrogens with zero attached hydrogens (tertiary/aromatic N) is 3. The first-order chi connectivity index (χ1) is 19.0.